The van der Waals surface area contributed by atoms with Gasteiger partial charge in [-0.05, 0) is 25.0 Å². The lowest BCUT2D eigenvalue weighted by molar-refractivity contribution is 0.304. The fourth-order valence-corrected chi connectivity index (χ4v) is 3.17. The maximum atomic E-state index is 6.10. The van der Waals surface area contributed by atoms with Crippen molar-refractivity contribution in [2.24, 2.45) is 10.7 Å². The number of rotatable bonds is 12. The van der Waals surface area contributed by atoms with Crippen LogP contribution < -0.4 is 10.5 Å². The Morgan fingerprint density at radius 1 is 0.931 bits per heavy atom. The van der Waals surface area contributed by atoms with Crippen LogP contribution in [-0.2, 0) is 6.54 Å². The highest BCUT2D eigenvalue weighted by atomic mass is 16.5. The summed E-state index contributed by atoms with van der Waals surface area (Å²) >= 11 is 0. The van der Waals surface area contributed by atoms with Gasteiger partial charge in [0.05, 0.1) is 18.6 Å². The third-order valence-electron chi connectivity index (χ3n) is 4.78. The number of hydrogen-bond acceptors (Lipinski definition) is 3. The smallest absolute Gasteiger partial charge is 0.131 e. The second-order valence-electron chi connectivity index (χ2n) is 7.13. The largest absolute Gasteiger partial charge is 0.494 e. The SMILES string of the molecule is NC(=Nc1cccc(OCCCCCCCCn2ccnc2)c1)c1ccccc1. The third-order valence-corrected chi connectivity index (χ3v) is 4.78. The number of benzene rings is 2. The van der Waals surface area contributed by atoms with Crippen LogP contribution in [0, 0.1) is 0 Å². The molecular formula is C24H30N4O. The Hall–Kier alpha value is -3.08. The molecule has 0 fully saturated rings. The number of aromatic nitrogens is 2. The van der Waals surface area contributed by atoms with Crippen molar-refractivity contribution < 1.29 is 4.74 Å². The molecule has 0 saturated heterocycles. The van der Waals surface area contributed by atoms with E-state index >= 15 is 0 Å². The van der Waals surface area contributed by atoms with E-state index < -0.39 is 0 Å². The molecule has 5 nitrogen and oxygen atoms in total. The van der Waals surface area contributed by atoms with Crippen LogP contribution in [0.25, 0.3) is 0 Å². The molecule has 2 N–H and O–H groups in total. The van der Waals surface area contributed by atoms with Gasteiger partial charge in [0.1, 0.15) is 11.6 Å². The molecule has 0 atom stereocenters. The Morgan fingerprint density at radius 3 is 2.52 bits per heavy atom. The van der Waals surface area contributed by atoms with Crippen LogP contribution in [0.3, 0.4) is 0 Å². The summed E-state index contributed by atoms with van der Waals surface area (Å²) in [6.07, 6.45) is 13.0. The highest BCUT2D eigenvalue weighted by Gasteiger charge is 2.00. The maximum Gasteiger partial charge on any atom is 0.131 e. The van der Waals surface area contributed by atoms with Crippen LogP contribution in [0.15, 0.2) is 78.3 Å². The number of nitrogens with two attached hydrogens (primary N) is 1. The first-order chi connectivity index (χ1) is 14.3. The molecule has 0 amide bonds. The molecule has 5 heteroatoms. The number of ether oxygens (including phenoxy) is 1. The summed E-state index contributed by atoms with van der Waals surface area (Å²) < 4.78 is 8.03. The number of unbranched alkanes of at least 4 members (excludes halogenated alkanes) is 5. The number of hydrogen-bond donors (Lipinski definition) is 1. The Labute approximate surface area is 173 Å². The Balaban J connectivity index is 1.31. The van der Waals surface area contributed by atoms with Crippen LogP contribution in [0.1, 0.15) is 44.1 Å². The molecule has 29 heavy (non-hydrogen) atoms. The fraction of sp³-hybridized carbons (Fsp3) is 0.333. The van der Waals surface area contributed by atoms with Gasteiger partial charge < -0.3 is 15.0 Å². The number of amidine groups is 1. The van der Waals surface area contributed by atoms with Gasteiger partial charge in [0, 0.05) is 30.6 Å². The molecule has 0 radical (unpaired) electrons. The predicted octanol–water partition coefficient (Wildman–Crippen LogP) is 5.34. The van der Waals surface area contributed by atoms with E-state index in [1.807, 2.05) is 73.3 Å². The molecule has 1 aromatic heterocycles. The monoisotopic (exact) mass is 390 g/mol. The number of aryl methyl sites for hydroxylation is 1. The van der Waals surface area contributed by atoms with Gasteiger partial charge in [-0.2, -0.15) is 0 Å². The minimum Gasteiger partial charge on any atom is -0.494 e. The lowest BCUT2D eigenvalue weighted by atomic mass is 10.1. The van der Waals surface area contributed by atoms with Crippen LogP contribution in [0.2, 0.25) is 0 Å². The van der Waals surface area contributed by atoms with E-state index in [9.17, 15) is 0 Å². The highest BCUT2D eigenvalue weighted by molar-refractivity contribution is 5.99. The van der Waals surface area contributed by atoms with Gasteiger partial charge in [-0.3, -0.25) is 0 Å². The van der Waals surface area contributed by atoms with Gasteiger partial charge in [-0.25, -0.2) is 9.98 Å². The number of imidazole rings is 1. The summed E-state index contributed by atoms with van der Waals surface area (Å²) in [6, 6.07) is 17.6. The van der Waals surface area contributed by atoms with E-state index in [1.54, 1.807) is 0 Å². The second-order valence-corrected chi connectivity index (χ2v) is 7.13. The summed E-state index contributed by atoms with van der Waals surface area (Å²) in [4.78, 5) is 8.57. The van der Waals surface area contributed by atoms with E-state index in [0.717, 1.165) is 36.6 Å². The van der Waals surface area contributed by atoms with Crippen molar-refractivity contribution in [3.8, 4) is 5.75 Å². The average molecular weight is 391 g/mol. The molecule has 3 aromatic rings. The fourth-order valence-electron chi connectivity index (χ4n) is 3.17. The quantitative estimate of drug-likeness (QED) is 0.258. The molecule has 2 aromatic carbocycles. The first-order valence-electron chi connectivity index (χ1n) is 10.4. The Bertz CT molecular complexity index is 860. The molecular weight excluding hydrogens is 360 g/mol. The van der Waals surface area contributed by atoms with Gasteiger partial charge in [-0.1, -0.05) is 62.1 Å². The maximum absolute atomic E-state index is 6.10. The van der Waals surface area contributed by atoms with Crippen LogP contribution in [-0.4, -0.2) is 22.0 Å². The second kappa shape index (κ2) is 11.7. The van der Waals surface area contributed by atoms with Gasteiger partial charge >= 0.3 is 0 Å². The summed E-state index contributed by atoms with van der Waals surface area (Å²) in [5, 5.41) is 0. The lowest BCUT2D eigenvalue weighted by Crippen LogP contribution is -2.12. The molecule has 0 bridgehead atoms. The molecule has 3 rings (SSSR count). The van der Waals surface area contributed by atoms with Crippen LogP contribution in [0.4, 0.5) is 5.69 Å². The van der Waals surface area contributed by atoms with E-state index in [0.29, 0.717) is 5.84 Å². The number of nitrogens with zero attached hydrogens (tertiary/aromatic N) is 3. The highest BCUT2D eigenvalue weighted by Crippen LogP contribution is 2.21. The van der Waals surface area contributed by atoms with Gasteiger partial charge in [0.25, 0.3) is 0 Å². The predicted molar refractivity (Wildman–Crippen MR) is 119 cm³/mol. The Morgan fingerprint density at radius 2 is 1.72 bits per heavy atom. The normalized spacial score (nSPS) is 11.5. The van der Waals surface area contributed by atoms with Crippen molar-refractivity contribution in [3.63, 3.8) is 0 Å². The zero-order valence-electron chi connectivity index (χ0n) is 16.9. The zero-order valence-corrected chi connectivity index (χ0v) is 16.9. The van der Waals surface area contributed by atoms with E-state index in [4.69, 9.17) is 10.5 Å². The number of aliphatic imine (C=N–C) groups is 1. The summed E-state index contributed by atoms with van der Waals surface area (Å²) in [7, 11) is 0. The van der Waals surface area contributed by atoms with Gasteiger partial charge in [0.2, 0.25) is 0 Å². The minimum absolute atomic E-state index is 0.510. The van der Waals surface area contributed by atoms with E-state index in [1.165, 1.54) is 32.1 Å². The standard InChI is InChI=1S/C24H30N4O/c25-24(21-11-6-5-7-12-21)27-22-13-10-14-23(19-22)29-18-9-4-2-1-3-8-16-28-17-15-26-20-28/h5-7,10-15,17,19-20H,1-4,8-9,16,18H2,(H2,25,27). The zero-order chi connectivity index (χ0) is 20.2. The summed E-state index contributed by atoms with van der Waals surface area (Å²) in [5.74, 6) is 1.35. The molecule has 1 heterocycles. The molecule has 152 valence electrons. The van der Waals surface area contributed by atoms with Crippen molar-refractivity contribution in [2.45, 2.75) is 45.1 Å². The third kappa shape index (κ3) is 7.45. The first-order valence-corrected chi connectivity index (χ1v) is 10.4. The lowest BCUT2D eigenvalue weighted by Gasteiger charge is -2.07. The molecule has 0 spiro atoms. The average Bonchev–Trinajstić information content (AvgIpc) is 3.27. The first kappa shape index (κ1) is 20.6. The van der Waals surface area contributed by atoms with Crippen molar-refractivity contribution in [2.75, 3.05) is 6.61 Å². The topological polar surface area (TPSA) is 65.4 Å². The van der Waals surface area contributed by atoms with Crippen molar-refractivity contribution in [3.05, 3.63) is 78.9 Å². The van der Waals surface area contributed by atoms with Crippen LogP contribution in [0.5, 0.6) is 5.75 Å². The van der Waals surface area contributed by atoms with Gasteiger partial charge in [-0.15, -0.1) is 0 Å². The minimum atomic E-state index is 0.510. The molecule has 0 aliphatic heterocycles. The molecule has 0 saturated carbocycles. The van der Waals surface area contributed by atoms with E-state index in [-0.39, 0.29) is 0 Å². The van der Waals surface area contributed by atoms with Crippen molar-refractivity contribution in [1.82, 2.24) is 9.55 Å². The summed E-state index contributed by atoms with van der Waals surface area (Å²) in [6.45, 7) is 1.80. The van der Waals surface area contributed by atoms with Crippen LogP contribution >= 0.6 is 0 Å². The Kier molecular flexibility index (Phi) is 8.33. The van der Waals surface area contributed by atoms with Crippen molar-refractivity contribution >= 4 is 11.5 Å². The van der Waals surface area contributed by atoms with Crippen molar-refractivity contribution in [1.29, 1.82) is 0 Å². The molecule has 0 aliphatic rings. The van der Waals surface area contributed by atoms with E-state index in [2.05, 4.69) is 14.5 Å². The molecule has 0 aliphatic carbocycles. The summed E-state index contributed by atoms with van der Waals surface area (Å²) in [5.41, 5.74) is 7.83. The van der Waals surface area contributed by atoms with Gasteiger partial charge in [0.15, 0.2) is 0 Å². The molecule has 0 unspecified atom stereocenters.